The molecule has 1 saturated carbocycles. The number of amides is 1. The fourth-order valence-corrected chi connectivity index (χ4v) is 3.50. The van der Waals surface area contributed by atoms with Gasteiger partial charge in [0, 0.05) is 13.2 Å². The molecule has 1 amide bonds. The molecule has 0 radical (unpaired) electrons. The van der Waals surface area contributed by atoms with Crippen molar-refractivity contribution in [2.45, 2.75) is 38.1 Å². The Morgan fingerprint density at radius 3 is 2.62 bits per heavy atom. The molecule has 3 aromatic rings. The number of primary amides is 1. The monoisotopic (exact) mass is 350 g/mol. The molecule has 7 nitrogen and oxygen atoms in total. The lowest BCUT2D eigenvalue weighted by molar-refractivity contribution is 0.0996. The number of hydrogen-bond donors (Lipinski definition) is 1. The van der Waals surface area contributed by atoms with Crippen LogP contribution in [0.3, 0.4) is 0 Å². The Kier molecular flexibility index (Phi) is 4.28. The Bertz CT molecular complexity index is 1010. The van der Waals surface area contributed by atoms with Gasteiger partial charge in [-0.15, -0.1) is 0 Å². The zero-order valence-electron chi connectivity index (χ0n) is 14.8. The van der Waals surface area contributed by atoms with E-state index in [0.29, 0.717) is 22.7 Å². The Labute approximate surface area is 151 Å². The van der Waals surface area contributed by atoms with Crippen molar-refractivity contribution in [1.82, 2.24) is 19.3 Å². The van der Waals surface area contributed by atoms with Crippen molar-refractivity contribution in [3.8, 4) is 5.69 Å². The number of nitrogens with zero attached hydrogens (tertiary/aromatic N) is 5. The molecule has 0 saturated heterocycles. The van der Waals surface area contributed by atoms with Crippen molar-refractivity contribution < 1.29 is 4.79 Å². The van der Waals surface area contributed by atoms with Gasteiger partial charge >= 0.3 is 0 Å². The SMILES string of the molecule is Cn1cc2c(C(N)=O)nn(-c3ccccc3)c2nc1=NC1CCCCC1. The van der Waals surface area contributed by atoms with E-state index in [2.05, 4.69) is 5.10 Å². The molecule has 2 heterocycles. The molecule has 1 aliphatic rings. The van der Waals surface area contributed by atoms with Crippen LogP contribution in [0.1, 0.15) is 42.6 Å². The van der Waals surface area contributed by atoms with Crippen LogP contribution in [0, 0.1) is 0 Å². The summed E-state index contributed by atoms with van der Waals surface area (Å²) in [6.07, 6.45) is 7.76. The lowest BCUT2D eigenvalue weighted by Gasteiger charge is -2.17. The summed E-state index contributed by atoms with van der Waals surface area (Å²) in [5.74, 6) is -0.566. The summed E-state index contributed by atoms with van der Waals surface area (Å²) in [5, 5.41) is 5.04. The molecule has 0 spiro atoms. The average molecular weight is 350 g/mol. The van der Waals surface area contributed by atoms with Gasteiger partial charge in [0.2, 0.25) is 5.62 Å². The Balaban J connectivity index is 1.93. The zero-order chi connectivity index (χ0) is 18.1. The third-order valence-corrected chi connectivity index (χ3v) is 4.85. The van der Waals surface area contributed by atoms with Crippen LogP contribution in [0.25, 0.3) is 16.7 Å². The van der Waals surface area contributed by atoms with Crippen molar-refractivity contribution in [2.75, 3.05) is 0 Å². The number of aryl methyl sites for hydroxylation is 1. The molecule has 134 valence electrons. The highest BCUT2D eigenvalue weighted by atomic mass is 16.1. The minimum absolute atomic E-state index is 0.219. The second-order valence-electron chi connectivity index (χ2n) is 6.77. The second-order valence-corrected chi connectivity index (χ2v) is 6.77. The number of para-hydroxylation sites is 1. The first kappa shape index (κ1) is 16.5. The predicted molar refractivity (Wildman–Crippen MR) is 98.8 cm³/mol. The molecule has 7 heteroatoms. The van der Waals surface area contributed by atoms with Gasteiger partial charge in [0.05, 0.1) is 17.1 Å². The summed E-state index contributed by atoms with van der Waals surface area (Å²) in [7, 11) is 1.89. The maximum atomic E-state index is 11.9. The lowest BCUT2D eigenvalue weighted by Crippen LogP contribution is -2.26. The highest BCUT2D eigenvalue weighted by Gasteiger charge is 2.19. The van der Waals surface area contributed by atoms with E-state index >= 15 is 0 Å². The van der Waals surface area contributed by atoms with E-state index < -0.39 is 5.91 Å². The number of aromatic nitrogens is 4. The first-order chi connectivity index (χ1) is 12.6. The number of benzene rings is 1. The first-order valence-corrected chi connectivity index (χ1v) is 8.99. The summed E-state index contributed by atoms with van der Waals surface area (Å²) in [5.41, 5.74) is 7.83. The summed E-state index contributed by atoms with van der Waals surface area (Å²) in [6, 6.07) is 9.92. The molecule has 0 unspecified atom stereocenters. The van der Waals surface area contributed by atoms with Crippen LogP contribution in [0.4, 0.5) is 0 Å². The predicted octanol–water partition coefficient (Wildman–Crippen LogP) is 2.09. The van der Waals surface area contributed by atoms with E-state index in [9.17, 15) is 4.79 Å². The topological polar surface area (TPSA) is 91.1 Å². The van der Waals surface area contributed by atoms with Crippen LogP contribution in [-0.4, -0.2) is 31.3 Å². The van der Waals surface area contributed by atoms with Crippen LogP contribution < -0.4 is 11.4 Å². The van der Waals surface area contributed by atoms with Crippen LogP contribution in [-0.2, 0) is 7.05 Å². The number of carbonyl (C=O) groups is 1. The van der Waals surface area contributed by atoms with E-state index in [0.717, 1.165) is 18.5 Å². The molecule has 0 aliphatic heterocycles. The van der Waals surface area contributed by atoms with E-state index in [1.54, 1.807) is 4.68 Å². The third-order valence-electron chi connectivity index (χ3n) is 4.85. The van der Waals surface area contributed by atoms with Gasteiger partial charge in [-0.1, -0.05) is 37.5 Å². The fraction of sp³-hybridized carbons (Fsp3) is 0.368. The van der Waals surface area contributed by atoms with Crippen molar-refractivity contribution >= 4 is 16.9 Å². The molecule has 2 aromatic heterocycles. The lowest BCUT2D eigenvalue weighted by atomic mass is 9.96. The van der Waals surface area contributed by atoms with Crippen molar-refractivity contribution in [3.05, 3.63) is 47.8 Å². The van der Waals surface area contributed by atoms with Gasteiger partial charge in [-0.3, -0.25) is 4.79 Å². The first-order valence-electron chi connectivity index (χ1n) is 8.99. The van der Waals surface area contributed by atoms with Gasteiger partial charge in [-0.2, -0.15) is 10.1 Å². The molecular weight excluding hydrogens is 328 g/mol. The van der Waals surface area contributed by atoms with Crippen molar-refractivity contribution in [2.24, 2.45) is 17.8 Å². The number of fused-ring (bicyclic) bond motifs is 1. The molecule has 26 heavy (non-hydrogen) atoms. The van der Waals surface area contributed by atoms with Gasteiger partial charge in [0.15, 0.2) is 11.3 Å². The standard InChI is InChI=1S/C19H22N6O/c1-24-12-15-16(17(20)26)23-25(14-10-6-3-7-11-14)18(15)22-19(24)21-13-8-4-2-5-9-13/h3,6-7,10-13H,2,4-5,8-9H2,1H3,(H2,20,26). The molecule has 1 aromatic carbocycles. The fourth-order valence-electron chi connectivity index (χ4n) is 3.50. The smallest absolute Gasteiger partial charge is 0.269 e. The Hall–Kier alpha value is -2.96. The van der Waals surface area contributed by atoms with E-state index in [-0.39, 0.29) is 5.69 Å². The van der Waals surface area contributed by atoms with Crippen LogP contribution in [0.2, 0.25) is 0 Å². The Morgan fingerprint density at radius 2 is 1.92 bits per heavy atom. The van der Waals surface area contributed by atoms with Gasteiger partial charge in [-0.05, 0) is 25.0 Å². The minimum atomic E-state index is -0.566. The second kappa shape index (κ2) is 6.74. The van der Waals surface area contributed by atoms with Crippen LogP contribution in [0.5, 0.6) is 0 Å². The molecule has 2 N–H and O–H groups in total. The van der Waals surface area contributed by atoms with E-state index in [1.807, 2.05) is 48.1 Å². The van der Waals surface area contributed by atoms with Crippen molar-refractivity contribution in [1.29, 1.82) is 0 Å². The van der Waals surface area contributed by atoms with Gasteiger partial charge in [-0.25, -0.2) is 9.67 Å². The Morgan fingerprint density at radius 1 is 1.19 bits per heavy atom. The molecule has 0 atom stereocenters. The van der Waals surface area contributed by atoms with Gasteiger partial charge in [0.1, 0.15) is 0 Å². The average Bonchev–Trinajstić information content (AvgIpc) is 3.02. The highest BCUT2D eigenvalue weighted by Crippen LogP contribution is 2.21. The molecule has 1 aliphatic carbocycles. The minimum Gasteiger partial charge on any atom is -0.364 e. The van der Waals surface area contributed by atoms with Crippen LogP contribution >= 0.6 is 0 Å². The summed E-state index contributed by atoms with van der Waals surface area (Å²) < 4.78 is 3.51. The van der Waals surface area contributed by atoms with E-state index in [1.165, 1.54) is 19.3 Å². The van der Waals surface area contributed by atoms with E-state index in [4.69, 9.17) is 15.7 Å². The van der Waals surface area contributed by atoms with Crippen LogP contribution in [0.15, 0.2) is 41.5 Å². The number of rotatable bonds is 3. The molecular formula is C19H22N6O. The van der Waals surface area contributed by atoms with Crippen molar-refractivity contribution in [3.63, 3.8) is 0 Å². The summed E-state index contributed by atoms with van der Waals surface area (Å²) in [6.45, 7) is 0. The third kappa shape index (κ3) is 3.00. The number of carbonyl (C=O) groups excluding carboxylic acids is 1. The molecule has 4 rings (SSSR count). The quantitative estimate of drug-likeness (QED) is 0.784. The maximum absolute atomic E-state index is 11.9. The number of hydrogen-bond acceptors (Lipinski definition) is 4. The summed E-state index contributed by atoms with van der Waals surface area (Å²) in [4.78, 5) is 21.4. The number of nitrogens with two attached hydrogens (primary N) is 1. The normalized spacial score (nSPS) is 16.3. The zero-order valence-corrected chi connectivity index (χ0v) is 14.8. The largest absolute Gasteiger partial charge is 0.364 e. The maximum Gasteiger partial charge on any atom is 0.269 e. The highest BCUT2D eigenvalue weighted by molar-refractivity contribution is 6.03. The molecule has 0 bridgehead atoms. The molecule has 1 fully saturated rings. The van der Waals surface area contributed by atoms with Gasteiger partial charge < -0.3 is 10.3 Å². The van der Waals surface area contributed by atoms with Gasteiger partial charge in [0.25, 0.3) is 5.91 Å². The summed E-state index contributed by atoms with van der Waals surface area (Å²) >= 11 is 0.